The monoisotopic (exact) mass is 548 g/mol. The summed E-state index contributed by atoms with van der Waals surface area (Å²) >= 11 is 26.3. The van der Waals surface area contributed by atoms with Crippen LogP contribution < -0.4 is 5.32 Å². The lowest BCUT2D eigenvalue weighted by molar-refractivity contribution is -0.139. The molecule has 2 atom stereocenters. The number of carbonyl (C=O) groups is 2. The molecule has 180 valence electrons. The molecule has 33 heavy (non-hydrogen) atoms. The highest BCUT2D eigenvalue weighted by Gasteiger charge is 2.30. The van der Waals surface area contributed by atoms with Gasteiger partial charge in [0, 0.05) is 33.9 Å². The molecular formula is C24H28Cl4N2O2S. The average Bonchev–Trinajstić information content (AvgIpc) is 2.77. The van der Waals surface area contributed by atoms with Crippen LogP contribution in [0, 0.1) is 0 Å². The van der Waals surface area contributed by atoms with Crippen LogP contribution in [0.15, 0.2) is 36.4 Å². The Morgan fingerprint density at radius 2 is 1.64 bits per heavy atom. The molecule has 0 radical (unpaired) electrons. The Bertz CT molecular complexity index is 953. The van der Waals surface area contributed by atoms with Crippen LogP contribution in [0.4, 0.5) is 0 Å². The van der Waals surface area contributed by atoms with E-state index in [1.165, 1.54) is 11.8 Å². The van der Waals surface area contributed by atoms with E-state index in [4.69, 9.17) is 46.4 Å². The molecule has 0 spiro atoms. The molecule has 2 aromatic rings. The quantitative estimate of drug-likeness (QED) is 0.321. The molecular weight excluding hydrogens is 522 g/mol. The van der Waals surface area contributed by atoms with Gasteiger partial charge in [-0.2, -0.15) is 0 Å². The first-order valence-corrected chi connectivity index (χ1v) is 13.4. The van der Waals surface area contributed by atoms with Crippen LogP contribution in [0.2, 0.25) is 20.1 Å². The van der Waals surface area contributed by atoms with Crippen LogP contribution in [-0.2, 0) is 21.9 Å². The van der Waals surface area contributed by atoms with Gasteiger partial charge in [0.2, 0.25) is 11.8 Å². The third-order valence-electron chi connectivity index (χ3n) is 5.26. The van der Waals surface area contributed by atoms with Crippen molar-refractivity contribution in [2.45, 2.75) is 58.0 Å². The van der Waals surface area contributed by atoms with E-state index in [1.807, 2.05) is 26.8 Å². The molecule has 2 aromatic carbocycles. The molecule has 1 N–H and O–H groups in total. The van der Waals surface area contributed by atoms with E-state index < -0.39 is 6.04 Å². The number of amides is 2. The van der Waals surface area contributed by atoms with Gasteiger partial charge in [0.25, 0.3) is 0 Å². The van der Waals surface area contributed by atoms with E-state index in [1.54, 1.807) is 35.2 Å². The largest absolute Gasteiger partial charge is 0.352 e. The predicted octanol–water partition coefficient (Wildman–Crippen LogP) is 7.26. The minimum atomic E-state index is -0.635. The van der Waals surface area contributed by atoms with Crippen molar-refractivity contribution in [3.05, 3.63) is 67.6 Å². The van der Waals surface area contributed by atoms with Gasteiger partial charge in [-0.1, -0.05) is 72.4 Å². The number of benzene rings is 2. The van der Waals surface area contributed by atoms with Crippen molar-refractivity contribution < 1.29 is 9.59 Å². The summed E-state index contributed by atoms with van der Waals surface area (Å²) in [6, 6.07) is 9.98. The van der Waals surface area contributed by atoms with Gasteiger partial charge in [0.1, 0.15) is 6.04 Å². The standard InChI is InChI=1S/C24H28Cl4N2O2S/c1-4-15(3)29-24(32)22(5-2)30(12-17-18(25)7-6-8-19(17)26)23(31)14-33-13-16-9-10-20(27)21(28)11-16/h6-11,15,22H,4-5,12-14H2,1-3H3,(H,29,32). The molecule has 0 aliphatic carbocycles. The summed E-state index contributed by atoms with van der Waals surface area (Å²) in [5.41, 5.74) is 1.59. The Balaban J connectivity index is 2.21. The first-order valence-electron chi connectivity index (χ1n) is 10.7. The summed E-state index contributed by atoms with van der Waals surface area (Å²) in [5.74, 6) is 0.425. The van der Waals surface area contributed by atoms with Gasteiger partial charge < -0.3 is 10.2 Å². The second kappa shape index (κ2) is 13.7. The van der Waals surface area contributed by atoms with Crippen molar-refractivity contribution in [3.8, 4) is 0 Å². The summed E-state index contributed by atoms with van der Waals surface area (Å²) in [4.78, 5) is 27.9. The first-order chi connectivity index (χ1) is 15.7. The van der Waals surface area contributed by atoms with Gasteiger partial charge in [0.15, 0.2) is 0 Å². The van der Waals surface area contributed by atoms with Crippen molar-refractivity contribution in [1.29, 1.82) is 0 Å². The molecule has 2 amide bonds. The molecule has 0 aliphatic heterocycles. The molecule has 0 fully saturated rings. The Hall–Kier alpha value is -1.11. The number of nitrogens with zero attached hydrogens (tertiary/aromatic N) is 1. The van der Waals surface area contributed by atoms with Gasteiger partial charge in [-0.25, -0.2) is 0 Å². The second-order valence-corrected chi connectivity index (χ2v) is 10.3. The molecule has 0 aromatic heterocycles. The van der Waals surface area contributed by atoms with E-state index in [-0.39, 0.29) is 30.2 Å². The molecule has 4 nitrogen and oxygen atoms in total. The smallest absolute Gasteiger partial charge is 0.243 e. The molecule has 9 heteroatoms. The molecule has 2 unspecified atom stereocenters. The Kier molecular flexibility index (Phi) is 11.7. The zero-order chi connectivity index (χ0) is 24.5. The summed E-state index contributed by atoms with van der Waals surface area (Å²) in [6.07, 6.45) is 1.26. The SMILES string of the molecule is CCC(C)NC(=O)C(CC)N(Cc1c(Cl)cccc1Cl)C(=O)CSCc1ccc(Cl)c(Cl)c1. The Morgan fingerprint density at radius 3 is 2.21 bits per heavy atom. The fraction of sp³-hybridized carbons (Fsp3) is 0.417. The molecule has 0 saturated heterocycles. The summed E-state index contributed by atoms with van der Waals surface area (Å²) < 4.78 is 0. The van der Waals surface area contributed by atoms with Crippen molar-refractivity contribution in [2.24, 2.45) is 0 Å². The summed E-state index contributed by atoms with van der Waals surface area (Å²) in [6.45, 7) is 5.97. The van der Waals surface area contributed by atoms with Crippen molar-refractivity contribution in [2.75, 3.05) is 5.75 Å². The van der Waals surface area contributed by atoms with E-state index >= 15 is 0 Å². The lowest BCUT2D eigenvalue weighted by Crippen LogP contribution is -2.51. The topological polar surface area (TPSA) is 49.4 Å². The number of hydrogen-bond acceptors (Lipinski definition) is 3. The van der Waals surface area contributed by atoms with Crippen LogP contribution in [-0.4, -0.2) is 34.6 Å². The Labute approximate surface area is 220 Å². The third-order valence-corrected chi connectivity index (χ3v) is 7.69. The van der Waals surface area contributed by atoms with E-state index in [2.05, 4.69) is 5.32 Å². The lowest BCUT2D eigenvalue weighted by atomic mass is 10.1. The number of carbonyl (C=O) groups excluding carboxylic acids is 2. The minimum absolute atomic E-state index is 0.0106. The highest BCUT2D eigenvalue weighted by Crippen LogP contribution is 2.28. The average molecular weight is 550 g/mol. The zero-order valence-electron chi connectivity index (χ0n) is 18.8. The number of halogens is 4. The van der Waals surface area contributed by atoms with Gasteiger partial charge in [-0.3, -0.25) is 9.59 Å². The van der Waals surface area contributed by atoms with Crippen LogP contribution in [0.3, 0.4) is 0 Å². The number of nitrogens with one attached hydrogen (secondary N) is 1. The minimum Gasteiger partial charge on any atom is -0.352 e. The second-order valence-electron chi connectivity index (χ2n) is 7.71. The first kappa shape index (κ1) is 28.1. The Morgan fingerprint density at radius 1 is 0.970 bits per heavy atom. The van der Waals surface area contributed by atoms with Crippen molar-refractivity contribution >= 4 is 70.0 Å². The van der Waals surface area contributed by atoms with Crippen LogP contribution in [0.1, 0.15) is 44.7 Å². The fourth-order valence-electron chi connectivity index (χ4n) is 3.18. The molecule has 0 aliphatic rings. The molecule has 2 rings (SSSR count). The van der Waals surface area contributed by atoms with E-state index in [0.717, 1.165) is 12.0 Å². The maximum Gasteiger partial charge on any atom is 0.243 e. The van der Waals surface area contributed by atoms with Crippen LogP contribution in [0.25, 0.3) is 0 Å². The summed E-state index contributed by atoms with van der Waals surface area (Å²) in [7, 11) is 0. The van der Waals surface area contributed by atoms with Crippen molar-refractivity contribution in [1.82, 2.24) is 10.2 Å². The molecule has 0 saturated carbocycles. The maximum absolute atomic E-state index is 13.3. The van der Waals surface area contributed by atoms with Gasteiger partial charge in [-0.05, 0) is 49.6 Å². The maximum atomic E-state index is 13.3. The fourth-order valence-corrected chi connectivity index (χ4v) is 4.88. The third kappa shape index (κ3) is 8.25. The lowest BCUT2D eigenvalue weighted by Gasteiger charge is -2.32. The number of hydrogen-bond donors (Lipinski definition) is 1. The highest BCUT2D eigenvalue weighted by atomic mass is 35.5. The van der Waals surface area contributed by atoms with Crippen LogP contribution in [0.5, 0.6) is 0 Å². The number of thioether (sulfide) groups is 1. The van der Waals surface area contributed by atoms with E-state index in [0.29, 0.717) is 37.8 Å². The van der Waals surface area contributed by atoms with Crippen molar-refractivity contribution in [3.63, 3.8) is 0 Å². The van der Waals surface area contributed by atoms with Crippen LogP contribution >= 0.6 is 58.2 Å². The number of rotatable bonds is 11. The normalized spacial score (nSPS) is 12.8. The summed E-state index contributed by atoms with van der Waals surface area (Å²) in [5, 5.41) is 4.87. The van der Waals surface area contributed by atoms with Gasteiger partial charge in [0.05, 0.1) is 15.8 Å². The molecule has 0 heterocycles. The van der Waals surface area contributed by atoms with Gasteiger partial charge in [-0.15, -0.1) is 11.8 Å². The highest BCUT2D eigenvalue weighted by molar-refractivity contribution is 7.99. The zero-order valence-corrected chi connectivity index (χ0v) is 22.7. The van der Waals surface area contributed by atoms with Gasteiger partial charge >= 0.3 is 0 Å². The predicted molar refractivity (Wildman–Crippen MR) is 142 cm³/mol. The molecule has 0 bridgehead atoms. The van der Waals surface area contributed by atoms with E-state index in [9.17, 15) is 9.59 Å².